The third-order valence-corrected chi connectivity index (χ3v) is 3.49. The molecule has 1 amide bonds. The maximum Gasteiger partial charge on any atom is 0.265 e. The van der Waals surface area contributed by atoms with Crippen molar-refractivity contribution in [1.82, 2.24) is 0 Å². The average molecular weight is 286 g/mol. The molecule has 21 heavy (non-hydrogen) atoms. The van der Waals surface area contributed by atoms with Gasteiger partial charge >= 0.3 is 0 Å². The number of anilines is 1. The zero-order valence-electron chi connectivity index (χ0n) is 11.3. The predicted molar refractivity (Wildman–Crippen MR) is 77.6 cm³/mol. The quantitative estimate of drug-likeness (QED) is 0.941. The number of benzene rings is 2. The largest absolute Gasteiger partial charge is 0.482 e. The number of halogens is 1. The Bertz CT molecular complexity index is 658. The number of hydrogen-bond donors (Lipinski definition) is 1. The number of nitrogens with two attached hydrogens (primary N) is 1. The predicted octanol–water partition coefficient (Wildman–Crippen LogP) is 2.25. The van der Waals surface area contributed by atoms with Gasteiger partial charge in [-0.15, -0.1) is 0 Å². The number of rotatable bonds is 3. The molecule has 0 saturated heterocycles. The van der Waals surface area contributed by atoms with Gasteiger partial charge in [0.15, 0.2) is 6.61 Å². The maximum absolute atomic E-state index is 12.9. The summed E-state index contributed by atoms with van der Waals surface area (Å²) in [5.74, 6) is 0.230. The lowest BCUT2D eigenvalue weighted by Gasteiger charge is -2.31. The molecule has 108 valence electrons. The highest BCUT2D eigenvalue weighted by Crippen LogP contribution is 2.32. The fraction of sp³-hybridized carbons (Fsp3) is 0.188. The number of fused-ring (bicyclic) bond motifs is 1. The van der Waals surface area contributed by atoms with Crippen molar-refractivity contribution in [3.63, 3.8) is 0 Å². The number of carbonyl (C=O) groups excluding carboxylic acids is 1. The van der Waals surface area contributed by atoms with Gasteiger partial charge < -0.3 is 15.4 Å². The lowest BCUT2D eigenvalue weighted by atomic mass is 10.1. The van der Waals surface area contributed by atoms with Gasteiger partial charge in [0.25, 0.3) is 5.91 Å². The van der Waals surface area contributed by atoms with Crippen molar-refractivity contribution < 1.29 is 13.9 Å². The lowest BCUT2D eigenvalue weighted by Crippen LogP contribution is -2.42. The molecule has 3 rings (SSSR count). The second kappa shape index (κ2) is 5.54. The molecular weight excluding hydrogens is 271 g/mol. The minimum Gasteiger partial charge on any atom is -0.482 e. The van der Waals surface area contributed by atoms with Crippen LogP contribution in [0.5, 0.6) is 5.75 Å². The second-order valence-electron chi connectivity index (χ2n) is 4.92. The van der Waals surface area contributed by atoms with Gasteiger partial charge in [-0.25, -0.2) is 4.39 Å². The summed E-state index contributed by atoms with van der Waals surface area (Å²) < 4.78 is 18.3. The van der Waals surface area contributed by atoms with Crippen LogP contribution >= 0.6 is 0 Å². The normalized spacial score (nSPS) is 15.3. The van der Waals surface area contributed by atoms with Crippen molar-refractivity contribution in [1.29, 1.82) is 0 Å². The SMILES string of the molecule is NC(CN1C(=O)COc2ccccc21)c1ccc(F)cc1. The molecule has 0 spiro atoms. The van der Waals surface area contributed by atoms with Crippen LogP contribution in [-0.2, 0) is 4.79 Å². The van der Waals surface area contributed by atoms with Gasteiger partial charge in [0.2, 0.25) is 0 Å². The van der Waals surface area contributed by atoms with E-state index >= 15 is 0 Å². The topological polar surface area (TPSA) is 55.6 Å². The Labute approximate surface area is 121 Å². The third kappa shape index (κ3) is 2.73. The number of ether oxygens (including phenoxy) is 1. The van der Waals surface area contributed by atoms with Crippen LogP contribution in [0.25, 0.3) is 0 Å². The monoisotopic (exact) mass is 286 g/mol. The van der Waals surface area contributed by atoms with Crippen LogP contribution in [0.15, 0.2) is 48.5 Å². The zero-order valence-corrected chi connectivity index (χ0v) is 11.3. The summed E-state index contributed by atoms with van der Waals surface area (Å²) in [6, 6.07) is 13.0. The molecule has 1 aliphatic heterocycles. The van der Waals surface area contributed by atoms with Gasteiger partial charge in [-0.1, -0.05) is 24.3 Å². The van der Waals surface area contributed by atoms with E-state index in [-0.39, 0.29) is 24.4 Å². The Morgan fingerprint density at radius 3 is 2.67 bits per heavy atom. The van der Waals surface area contributed by atoms with E-state index in [1.165, 1.54) is 12.1 Å². The van der Waals surface area contributed by atoms with E-state index in [2.05, 4.69) is 0 Å². The van der Waals surface area contributed by atoms with E-state index in [0.29, 0.717) is 18.0 Å². The molecule has 2 aromatic carbocycles. The molecule has 0 aliphatic carbocycles. The summed E-state index contributed by atoms with van der Waals surface area (Å²) in [7, 11) is 0. The van der Waals surface area contributed by atoms with Crippen LogP contribution in [0.4, 0.5) is 10.1 Å². The van der Waals surface area contributed by atoms with Crippen LogP contribution in [0, 0.1) is 5.82 Å². The molecule has 1 atom stereocenters. The van der Waals surface area contributed by atoms with Gasteiger partial charge in [-0.3, -0.25) is 4.79 Å². The fourth-order valence-electron chi connectivity index (χ4n) is 2.37. The molecule has 4 nitrogen and oxygen atoms in total. The molecule has 1 unspecified atom stereocenters. The number of hydrogen-bond acceptors (Lipinski definition) is 3. The highest BCUT2D eigenvalue weighted by molar-refractivity contribution is 5.97. The minimum absolute atomic E-state index is 0.00709. The summed E-state index contributed by atoms with van der Waals surface area (Å²) in [6.07, 6.45) is 0. The van der Waals surface area contributed by atoms with Gasteiger partial charge in [0.05, 0.1) is 5.69 Å². The number of carbonyl (C=O) groups is 1. The van der Waals surface area contributed by atoms with Crippen LogP contribution in [0.1, 0.15) is 11.6 Å². The Hall–Kier alpha value is -2.40. The molecule has 2 aromatic rings. The van der Waals surface area contributed by atoms with E-state index in [1.807, 2.05) is 24.3 Å². The zero-order chi connectivity index (χ0) is 14.8. The van der Waals surface area contributed by atoms with Crippen molar-refractivity contribution >= 4 is 11.6 Å². The summed E-state index contributed by atoms with van der Waals surface area (Å²) in [5, 5.41) is 0. The van der Waals surface area contributed by atoms with Crippen LogP contribution in [0.3, 0.4) is 0 Å². The summed E-state index contributed by atoms with van der Waals surface area (Å²) in [5.41, 5.74) is 7.64. The van der Waals surface area contributed by atoms with E-state index in [9.17, 15) is 9.18 Å². The third-order valence-electron chi connectivity index (χ3n) is 3.49. The Morgan fingerprint density at radius 2 is 1.90 bits per heavy atom. The minimum atomic E-state index is -0.388. The summed E-state index contributed by atoms with van der Waals surface area (Å²) in [4.78, 5) is 13.7. The van der Waals surface area contributed by atoms with Crippen LogP contribution in [-0.4, -0.2) is 19.1 Å². The first-order valence-electron chi connectivity index (χ1n) is 6.68. The molecule has 0 fully saturated rings. The van der Waals surface area contributed by atoms with Crippen molar-refractivity contribution in [2.24, 2.45) is 5.73 Å². The van der Waals surface area contributed by atoms with Crippen LogP contribution in [0.2, 0.25) is 0 Å². The molecule has 0 saturated carbocycles. The first-order chi connectivity index (χ1) is 10.1. The number of amides is 1. The Kier molecular flexibility index (Phi) is 3.58. The number of nitrogens with zero attached hydrogens (tertiary/aromatic N) is 1. The lowest BCUT2D eigenvalue weighted by molar-refractivity contribution is -0.121. The second-order valence-corrected chi connectivity index (χ2v) is 4.92. The van der Waals surface area contributed by atoms with E-state index < -0.39 is 0 Å². The Balaban J connectivity index is 1.83. The van der Waals surface area contributed by atoms with E-state index in [0.717, 1.165) is 5.56 Å². The summed E-state index contributed by atoms with van der Waals surface area (Å²) in [6.45, 7) is 0.331. The maximum atomic E-state index is 12.9. The molecule has 0 aromatic heterocycles. The molecule has 1 aliphatic rings. The molecule has 1 heterocycles. The molecule has 0 bridgehead atoms. The van der Waals surface area contributed by atoms with E-state index in [4.69, 9.17) is 10.5 Å². The molecule has 2 N–H and O–H groups in total. The molecular formula is C16H15FN2O2. The van der Waals surface area contributed by atoms with Gasteiger partial charge in [-0.05, 0) is 29.8 Å². The fourth-order valence-corrected chi connectivity index (χ4v) is 2.37. The average Bonchev–Trinajstić information content (AvgIpc) is 2.51. The van der Waals surface area contributed by atoms with E-state index in [1.54, 1.807) is 17.0 Å². The highest BCUT2D eigenvalue weighted by atomic mass is 19.1. The first-order valence-corrected chi connectivity index (χ1v) is 6.68. The van der Waals surface area contributed by atoms with Crippen molar-refractivity contribution in [2.45, 2.75) is 6.04 Å². The first kappa shape index (κ1) is 13.6. The van der Waals surface area contributed by atoms with Crippen LogP contribution < -0.4 is 15.4 Å². The summed E-state index contributed by atoms with van der Waals surface area (Å²) >= 11 is 0. The van der Waals surface area contributed by atoms with Crippen molar-refractivity contribution in [2.75, 3.05) is 18.1 Å². The molecule has 0 radical (unpaired) electrons. The van der Waals surface area contributed by atoms with Gasteiger partial charge in [0.1, 0.15) is 11.6 Å². The van der Waals surface area contributed by atoms with Crippen molar-refractivity contribution in [3.8, 4) is 5.75 Å². The standard InChI is InChI=1S/C16H15FN2O2/c17-12-7-5-11(6-8-12)13(18)9-19-14-3-1-2-4-15(14)21-10-16(19)20/h1-8,13H,9-10,18H2. The van der Waals surface area contributed by atoms with Gasteiger partial charge in [0, 0.05) is 12.6 Å². The molecule has 5 heteroatoms. The number of para-hydroxylation sites is 2. The smallest absolute Gasteiger partial charge is 0.265 e. The van der Waals surface area contributed by atoms with Gasteiger partial charge in [-0.2, -0.15) is 0 Å². The Morgan fingerprint density at radius 1 is 1.19 bits per heavy atom. The highest BCUT2D eigenvalue weighted by Gasteiger charge is 2.26. The van der Waals surface area contributed by atoms with Crippen molar-refractivity contribution in [3.05, 3.63) is 59.9 Å².